The number of benzene rings is 6. The standard InChI is InChI=1S/C60H42N6/c1-37-38(2)48-30-54-52-28-42(56-22-18-44(34-64-56)40-13-7-4-8-14-40)20-24-58(52)66(46-16-10-26-62-36-46)60(54)32-50(48)49-31-59-53(29-47(37)49)51-27-41(19-23-57(51)65(59)45-15-9-25-61-35-45)55-21-17-43(33-63-55)39-11-5-3-6-12-39/h3-38H,1-2H3. The van der Waals surface area contributed by atoms with Gasteiger partial charge in [-0.15, -0.1) is 0 Å². The van der Waals surface area contributed by atoms with Crippen molar-refractivity contribution in [3.05, 3.63) is 218 Å². The molecule has 12 aromatic rings. The molecule has 6 aromatic carbocycles. The Kier molecular flexibility index (Phi) is 8.68. The predicted molar refractivity (Wildman–Crippen MR) is 270 cm³/mol. The van der Waals surface area contributed by atoms with Gasteiger partial charge in [0.25, 0.3) is 0 Å². The number of fused-ring (bicyclic) bond motifs is 9. The molecule has 0 saturated heterocycles. The lowest BCUT2D eigenvalue weighted by molar-refractivity contribution is 0.617. The van der Waals surface area contributed by atoms with Crippen LogP contribution in [0.25, 0.3) is 111 Å². The van der Waals surface area contributed by atoms with Crippen LogP contribution in [-0.4, -0.2) is 29.1 Å². The van der Waals surface area contributed by atoms with E-state index >= 15 is 0 Å². The lowest BCUT2D eigenvalue weighted by Crippen LogP contribution is -2.13. The van der Waals surface area contributed by atoms with E-state index in [1.165, 1.54) is 43.8 Å². The van der Waals surface area contributed by atoms with Crippen molar-refractivity contribution in [2.45, 2.75) is 25.7 Å². The third-order valence-electron chi connectivity index (χ3n) is 14.0. The second-order valence-electron chi connectivity index (χ2n) is 17.6. The average molecular weight is 847 g/mol. The molecular formula is C60H42N6. The van der Waals surface area contributed by atoms with E-state index in [1.807, 2.05) is 61.4 Å². The molecule has 0 aliphatic heterocycles. The van der Waals surface area contributed by atoms with Gasteiger partial charge in [0.1, 0.15) is 0 Å². The molecule has 1 aliphatic carbocycles. The van der Waals surface area contributed by atoms with E-state index in [9.17, 15) is 0 Å². The van der Waals surface area contributed by atoms with Crippen LogP contribution in [0, 0.1) is 0 Å². The van der Waals surface area contributed by atoms with Gasteiger partial charge in [0.15, 0.2) is 0 Å². The van der Waals surface area contributed by atoms with Crippen LogP contribution in [0.5, 0.6) is 0 Å². The van der Waals surface area contributed by atoms with E-state index < -0.39 is 0 Å². The molecule has 6 nitrogen and oxygen atoms in total. The van der Waals surface area contributed by atoms with E-state index in [0.29, 0.717) is 0 Å². The van der Waals surface area contributed by atoms with Crippen molar-refractivity contribution in [3.8, 4) is 67.3 Å². The lowest BCUT2D eigenvalue weighted by Gasteiger charge is -2.32. The molecular weight excluding hydrogens is 805 g/mol. The molecule has 0 radical (unpaired) electrons. The SMILES string of the molecule is CC1c2cc3c4cc(-c5ccc(-c6ccccc6)cn5)ccc4n(-c4cccnc4)c3cc2-c2cc3c(cc2C1C)c1cc(-c2ccc(-c4ccccc4)cn2)ccc1n3-c1cccnc1. The van der Waals surface area contributed by atoms with Crippen molar-refractivity contribution in [1.29, 1.82) is 0 Å². The van der Waals surface area contributed by atoms with Crippen molar-refractivity contribution >= 4 is 43.6 Å². The maximum Gasteiger partial charge on any atom is 0.0702 e. The zero-order chi connectivity index (χ0) is 43.9. The zero-order valence-electron chi connectivity index (χ0n) is 36.5. The van der Waals surface area contributed by atoms with Gasteiger partial charge >= 0.3 is 0 Å². The summed E-state index contributed by atoms with van der Waals surface area (Å²) in [5.74, 6) is 0.548. The molecule has 6 heteroatoms. The summed E-state index contributed by atoms with van der Waals surface area (Å²) in [6, 6.07) is 61.2. The van der Waals surface area contributed by atoms with Crippen molar-refractivity contribution in [2.24, 2.45) is 0 Å². The van der Waals surface area contributed by atoms with Gasteiger partial charge in [-0.3, -0.25) is 19.9 Å². The molecule has 13 rings (SSSR count). The third kappa shape index (κ3) is 6.02. The van der Waals surface area contributed by atoms with Crippen LogP contribution in [0.3, 0.4) is 0 Å². The van der Waals surface area contributed by atoms with Crippen LogP contribution in [0.2, 0.25) is 0 Å². The highest BCUT2D eigenvalue weighted by Crippen LogP contribution is 2.51. The Hall–Kier alpha value is -8.48. The number of pyridine rings is 4. The summed E-state index contributed by atoms with van der Waals surface area (Å²) in [6.07, 6.45) is 11.6. The number of aromatic nitrogens is 6. The Morgan fingerprint density at radius 3 is 1.17 bits per heavy atom. The fourth-order valence-corrected chi connectivity index (χ4v) is 10.5. The van der Waals surface area contributed by atoms with Crippen molar-refractivity contribution in [3.63, 3.8) is 0 Å². The highest BCUT2D eigenvalue weighted by atomic mass is 15.0. The largest absolute Gasteiger partial charge is 0.308 e. The molecule has 66 heavy (non-hydrogen) atoms. The van der Waals surface area contributed by atoms with Crippen molar-refractivity contribution in [1.82, 2.24) is 29.1 Å². The summed E-state index contributed by atoms with van der Waals surface area (Å²) in [5.41, 5.74) is 20.5. The number of hydrogen-bond donors (Lipinski definition) is 0. The monoisotopic (exact) mass is 846 g/mol. The maximum absolute atomic E-state index is 4.97. The fourth-order valence-electron chi connectivity index (χ4n) is 10.5. The van der Waals surface area contributed by atoms with Gasteiger partial charge in [0.2, 0.25) is 0 Å². The predicted octanol–water partition coefficient (Wildman–Crippen LogP) is 15.0. The minimum absolute atomic E-state index is 0.274. The Bertz CT molecular complexity index is 3550. The first-order valence-corrected chi connectivity index (χ1v) is 22.6. The minimum Gasteiger partial charge on any atom is -0.308 e. The second kappa shape index (κ2) is 15.1. The van der Waals surface area contributed by atoms with E-state index in [1.54, 1.807) is 0 Å². The molecule has 0 N–H and O–H groups in total. The molecule has 1 aliphatic rings. The summed E-state index contributed by atoms with van der Waals surface area (Å²) >= 11 is 0. The van der Waals surface area contributed by atoms with Gasteiger partial charge < -0.3 is 9.13 Å². The van der Waals surface area contributed by atoms with Crippen LogP contribution in [0.15, 0.2) is 207 Å². The summed E-state index contributed by atoms with van der Waals surface area (Å²) in [6.45, 7) is 4.79. The Labute approximate surface area is 382 Å². The lowest BCUT2D eigenvalue weighted by atomic mass is 9.72. The van der Waals surface area contributed by atoms with Crippen LogP contribution in [-0.2, 0) is 0 Å². The molecule has 0 fully saturated rings. The number of hydrogen-bond acceptors (Lipinski definition) is 4. The molecule has 312 valence electrons. The second-order valence-corrected chi connectivity index (χ2v) is 17.6. The van der Waals surface area contributed by atoms with Gasteiger partial charge in [-0.25, -0.2) is 0 Å². The van der Waals surface area contributed by atoms with Gasteiger partial charge in [-0.05, 0) is 130 Å². The van der Waals surface area contributed by atoms with Gasteiger partial charge in [-0.1, -0.05) is 98.8 Å². The molecule has 0 bridgehead atoms. The number of rotatable bonds is 6. The van der Waals surface area contributed by atoms with E-state index in [2.05, 4.69) is 179 Å². The molecule has 2 atom stereocenters. The Balaban J connectivity index is 1.00. The van der Waals surface area contributed by atoms with Gasteiger partial charge in [0, 0.05) is 68.6 Å². The first-order valence-electron chi connectivity index (χ1n) is 22.6. The Morgan fingerprint density at radius 2 is 0.773 bits per heavy atom. The minimum atomic E-state index is 0.274. The smallest absolute Gasteiger partial charge is 0.0702 e. The Morgan fingerprint density at radius 1 is 0.348 bits per heavy atom. The molecule has 0 spiro atoms. The molecule has 2 unspecified atom stereocenters. The number of nitrogens with zero attached hydrogens (tertiary/aromatic N) is 6. The highest BCUT2D eigenvalue weighted by Gasteiger charge is 2.31. The quantitative estimate of drug-likeness (QED) is 0.167. The van der Waals surface area contributed by atoms with Gasteiger partial charge in [0.05, 0.1) is 57.2 Å². The average Bonchev–Trinajstić information content (AvgIpc) is 3.89. The summed E-state index contributed by atoms with van der Waals surface area (Å²) in [7, 11) is 0. The van der Waals surface area contributed by atoms with Gasteiger partial charge in [-0.2, -0.15) is 0 Å². The molecule has 0 amide bonds. The zero-order valence-corrected chi connectivity index (χ0v) is 36.5. The van der Waals surface area contributed by atoms with Crippen molar-refractivity contribution in [2.75, 3.05) is 0 Å². The van der Waals surface area contributed by atoms with E-state index in [4.69, 9.17) is 9.97 Å². The van der Waals surface area contributed by atoms with Crippen LogP contribution in [0.1, 0.15) is 36.8 Å². The summed E-state index contributed by atoms with van der Waals surface area (Å²) < 4.78 is 4.76. The van der Waals surface area contributed by atoms with E-state index in [0.717, 1.165) is 78.2 Å². The molecule has 0 saturated carbocycles. The first-order chi connectivity index (χ1) is 32.6. The fraction of sp³-hybridized carbons (Fsp3) is 0.0667. The molecule has 6 aromatic heterocycles. The summed E-state index contributed by atoms with van der Waals surface area (Å²) in [5, 5.41) is 4.84. The highest BCUT2D eigenvalue weighted by molar-refractivity contribution is 6.14. The molecule has 6 heterocycles. The summed E-state index contributed by atoms with van der Waals surface area (Å²) in [4.78, 5) is 19.1. The van der Waals surface area contributed by atoms with E-state index in [-0.39, 0.29) is 11.8 Å². The van der Waals surface area contributed by atoms with Crippen LogP contribution in [0.4, 0.5) is 0 Å². The van der Waals surface area contributed by atoms with Crippen LogP contribution >= 0.6 is 0 Å². The third-order valence-corrected chi connectivity index (χ3v) is 14.0. The first kappa shape index (κ1) is 38.0. The topological polar surface area (TPSA) is 61.4 Å². The maximum atomic E-state index is 4.97. The normalized spacial score (nSPS) is 14.5. The van der Waals surface area contributed by atoms with Crippen LogP contribution < -0.4 is 0 Å². The van der Waals surface area contributed by atoms with Crippen molar-refractivity contribution < 1.29 is 0 Å².